The molecule has 1 heterocycles. The van der Waals surface area contributed by atoms with E-state index in [1.165, 1.54) is 36.5 Å². The first-order valence-corrected chi connectivity index (χ1v) is 6.33. The minimum atomic E-state index is -1.12. The molecule has 1 aromatic heterocycles. The van der Waals surface area contributed by atoms with E-state index in [-0.39, 0.29) is 23.9 Å². The van der Waals surface area contributed by atoms with Gasteiger partial charge in [0.1, 0.15) is 0 Å². The standard InChI is InChI=1S/C14H17N3O4/c1-3-16-12(18)9-17(2)14(21)11-6-7-15-8-10(11)4-5-13(19)20/h4-8H,3,9H2,1-2H3,(H,16,18)(H,19,20). The summed E-state index contributed by atoms with van der Waals surface area (Å²) in [6.07, 6.45) is 5.05. The lowest BCUT2D eigenvalue weighted by Crippen LogP contribution is -2.38. The van der Waals surface area contributed by atoms with Crippen molar-refractivity contribution in [3.05, 3.63) is 35.7 Å². The topological polar surface area (TPSA) is 99.6 Å². The van der Waals surface area contributed by atoms with Crippen LogP contribution in [-0.4, -0.2) is 52.9 Å². The van der Waals surface area contributed by atoms with E-state index in [9.17, 15) is 14.4 Å². The van der Waals surface area contributed by atoms with Gasteiger partial charge in [-0.15, -0.1) is 0 Å². The summed E-state index contributed by atoms with van der Waals surface area (Å²) in [5.41, 5.74) is 0.668. The van der Waals surface area contributed by atoms with E-state index in [1.54, 1.807) is 6.92 Å². The van der Waals surface area contributed by atoms with Gasteiger partial charge in [0.2, 0.25) is 5.91 Å². The number of carbonyl (C=O) groups excluding carboxylic acids is 2. The Kier molecular flexibility index (Phi) is 6.06. The quantitative estimate of drug-likeness (QED) is 0.738. The zero-order valence-corrected chi connectivity index (χ0v) is 11.9. The lowest BCUT2D eigenvalue weighted by Gasteiger charge is -2.17. The van der Waals surface area contributed by atoms with Gasteiger partial charge in [-0.1, -0.05) is 0 Å². The molecule has 1 aromatic rings. The maximum atomic E-state index is 12.3. The van der Waals surface area contributed by atoms with Crippen LogP contribution in [0.3, 0.4) is 0 Å². The monoisotopic (exact) mass is 291 g/mol. The largest absolute Gasteiger partial charge is 0.478 e. The Morgan fingerprint density at radius 1 is 1.43 bits per heavy atom. The number of pyridine rings is 1. The van der Waals surface area contributed by atoms with E-state index in [0.29, 0.717) is 12.1 Å². The summed E-state index contributed by atoms with van der Waals surface area (Å²) in [5, 5.41) is 11.2. The number of likely N-dealkylation sites (N-methyl/N-ethyl adjacent to an activating group) is 2. The molecule has 21 heavy (non-hydrogen) atoms. The van der Waals surface area contributed by atoms with Crippen molar-refractivity contribution < 1.29 is 19.5 Å². The van der Waals surface area contributed by atoms with Crippen LogP contribution in [0.25, 0.3) is 6.08 Å². The van der Waals surface area contributed by atoms with Crippen LogP contribution < -0.4 is 5.32 Å². The summed E-state index contributed by atoms with van der Waals surface area (Å²) < 4.78 is 0. The SMILES string of the molecule is CCNC(=O)CN(C)C(=O)c1ccncc1C=CC(=O)O. The summed E-state index contributed by atoms with van der Waals surface area (Å²) in [4.78, 5) is 39.4. The van der Waals surface area contributed by atoms with Crippen LogP contribution in [0, 0.1) is 0 Å². The smallest absolute Gasteiger partial charge is 0.328 e. The summed E-state index contributed by atoms with van der Waals surface area (Å²) >= 11 is 0. The van der Waals surface area contributed by atoms with E-state index in [4.69, 9.17) is 5.11 Å². The van der Waals surface area contributed by atoms with Gasteiger partial charge in [-0.05, 0) is 19.1 Å². The van der Waals surface area contributed by atoms with Gasteiger partial charge in [0, 0.05) is 43.2 Å². The molecule has 0 bridgehead atoms. The van der Waals surface area contributed by atoms with Crippen LogP contribution in [0.5, 0.6) is 0 Å². The first-order valence-electron chi connectivity index (χ1n) is 6.33. The number of amides is 2. The fourth-order valence-electron chi connectivity index (χ4n) is 1.64. The maximum Gasteiger partial charge on any atom is 0.328 e. The van der Waals surface area contributed by atoms with Gasteiger partial charge in [-0.25, -0.2) is 4.79 Å². The number of rotatable bonds is 6. The lowest BCUT2D eigenvalue weighted by atomic mass is 10.1. The predicted octanol–water partition coefficient (Wildman–Crippen LogP) is 0.387. The Bertz CT molecular complexity index is 569. The molecule has 7 nitrogen and oxygen atoms in total. The van der Waals surface area contributed by atoms with Gasteiger partial charge >= 0.3 is 5.97 Å². The van der Waals surface area contributed by atoms with Crippen molar-refractivity contribution in [3.63, 3.8) is 0 Å². The van der Waals surface area contributed by atoms with Crippen LogP contribution >= 0.6 is 0 Å². The second-order valence-electron chi connectivity index (χ2n) is 4.25. The third-order valence-electron chi connectivity index (χ3n) is 2.59. The van der Waals surface area contributed by atoms with Gasteiger partial charge in [-0.2, -0.15) is 0 Å². The number of hydrogen-bond acceptors (Lipinski definition) is 4. The first-order chi connectivity index (χ1) is 9.95. The Hall–Kier alpha value is -2.70. The molecular formula is C14H17N3O4. The van der Waals surface area contributed by atoms with Crippen molar-refractivity contribution in [3.8, 4) is 0 Å². The molecule has 0 atom stereocenters. The normalized spacial score (nSPS) is 10.4. The van der Waals surface area contributed by atoms with Crippen molar-refractivity contribution in [2.24, 2.45) is 0 Å². The molecule has 0 spiro atoms. The molecule has 0 radical (unpaired) electrons. The Balaban J connectivity index is 2.91. The molecule has 0 saturated carbocycles. The van der Waals surface area contributed by atoms with Crippen molar-refractivity contribution in [2.75, 3.05) is 20.1 Å². The van der Waals surface area contributed by atoms with Crippen LogP contribution in [-0.2, 0) is 9.59 Å². The molecule has 0 unspecified atom stereocenters. The fraction of sp³-hybridized carbons (Fsp3) is 0.286. The van der Waals surface area contributed by atoms with Gasteiger partial charge < -0.3 is 15.3 Å². The number of hydrogen-bond donors (Lipinski definition) is 2. The summed E-state index contributed by atoms with van der Waals surface area (Å²) in [6, 6.07) is 1.48. The first kappa shape index (κ1) is 16.4. The van der Waals surface area contributed by atoms with Crippen molar-refractivity contribution in [2.45, 2.75) is 6.92 Å². The summed E-state index contributed by atoms with van der Waals surface area (Å²) in [6.45, 7) is 2.21. The number of carboxylic acid groups (broad SMARTS) is 1. The van der Waals surface area contributed by atoms with E-state index < -0.39 is 5.97 Å². The molecule has 0 aliphatic rings. The molecule has 0 aliphatic carbocycles. The minimum absolute atomic E-state index is 0.0723. The predicted molar refractivity (Wildman–Crippen MR) is 76.6 cm³/mol. The van der Waals surface area contributed by atoms with Gasteiger partial charge in [0.05, 0.1) is 6.54 Å². The zero-order valence-electron chi connectivity index (χ0n) is 11.9. The molecule has 0 aliphatic heterocycles. The molecule has 0 fully saturated rings. The average molecular weight is 291 g/mol. The highest BCUT2D eigenvalue weighted by atomic mass is 16.4. The number of nitrogens with zero attached hydrogens (tertiary/aromatic N) is 2. The Labute approximate surface area is 122 Å². The summed E-state index contributed by atoms with van der Waals surface area (Å²) in [5.74, 6) is -1.76. The molecule has 0 saturated heterocycles. The number of carboxylic acids is 1. The maximum absolute atomic E-state index is 12.3. The fourth-order valence-corrected chi connectivity index (χ4v) is 1.64. The third-order valence-corrected chi connectivity index (χ3v) is 2.59. The third kappa shape index (κ3) is 5.06. The van der Waals surface area contributed by atoms with Crippen LogP contribution in [0.4, 0.5) is 0 Å². The van der Waals surface area contributed by atoms with Gasteiger partial charge in [0.25, 0.3) is 5.91 Å². The highest BCUT2D eigenvalue weighted by Crippen LogP contribution is 2.11. The highest BCUT2D eigenvalue weighted by molar-refractivity contribution is 6.00. The van der Waals surface area contributed by atoms with E-state index in [0.717, 1.165) is 6.08 Å². The van der Waals surface area contributed by atoms with Crippen molar-refractivity contribution in [1.82, 2.24) is 15.2 Å². The number of nitrogens with one attached hydrogen (secondary N) is 1. The van der Waals surface area contributed by atoms with Crippen molar-refractivity contribution in [1.29, 1.82) is 0 Å². The molecule has 0 aromatic carbocycles. The van der Waals surface area contributed by atoms with Gasteiger partial charge in [-0.3, -0.25) is 14.6 Å². The Morgan fingerprint density at radius 3 is 2.76 bits per heavy atom. The minimum Gasteiger partial charge on any atom is -0.478 e. The molecule has 1 rings (SSSR count). The number of aliphatic carboxylic acids is 1. The second-order valence-corrected chi connectivity index (χ2v) is 4.25. The Morgan fingerprint density at radius 2 is 2.14 bits per heavy atom. The van der Waals surface area contributed by atoms with Gasteiger partial charge in [0.15, 0.2) is 0 Å². The lowest BCUT2D eigenvalue weighted by molar-refractivity contribution is -0.131. The zero-order chi connectivity index (χ0) is 15.8. The van der Waals surface area contributed by atoms with Crippen molar-refractivity contribution >= 4 is 23.9 Å². The number of aromatic nitrogens is 1. The molecule has 2 amide bonds. The van der Waals surface area contributed by atoms with Crippen LogP contribution in [0.2, 0.25) is 0 Å². The molecule has 2 N–H and O–H groups in total. The van der Waals surface area contributed by atoms with E-state index in [1.807, 2.05) is 0 Å². The second kappa shape index (κ2) is 7.78. The molecular weight excluding hydrogens is 274 g/mol. The molecule has 7 heteroatoms. The average Bonchev–Trinajstić information content (AvgIpc) is 2.44. The number of carbonyl (C=O) groups is 3. The summed E-state index contributed by atoms with van der Waals surface area (Å²) in [7, 11) is 1.50. The van der Waals surface area contributed by atoms with E-state index >= 15 is 0 Å². The van der Waals surface area contributed by atoms with E-state index in [2.05, 4.69) is 10.3 Å². The van der Waals surface area contributed by atoms with Crippen LogP contribution in [0.15, 0.2) is 24.5 Å². The van der Waals surface area contributed by atoms with Crippen LogP contribution in [0.1, 0.15) is 22.8 Å². The highest BCUT2D eigenvalue weighted by Gasteiger charge is 2.17. The molecule has 112 valence electrons.